The van der Waals surface area contributed by atoms with Crippen molar-refractivity contribution in [3.05, 3.63) is 46.5 Å². The zero-order valence-electron chi connectivity index (χ0n) is 8.86. The van der Waals surface area contributed by atoms with Crippen LogP contribution in [-0.2, 0) is 5.75 Å². The van der Waals surface area contributed by atoms with E-state index in [0.717, 1.165) is 15.8 Å². The average Bonchev–Trinajstić information content (AvgIpc) is 2.62. The predicted octanol–water partition coefficient (Wildman–Crippen LogP) is 4.05. The Kier molecular flexibility index (Phi) is 3.44. The Hall–Kier alpha value is -0.800. The molecule has 2 rings (SSSR count). The van der Waals surface area contributed by atoms with E-state index in [1.54, 1.807) is 11.3 Å². The normalized spacial score (nSPS) is 10.5. The minimum atomic E-state index is 1.01. The van der Waals surface area contributed by atoms with Gasteiger partial charge < -0.3 is 0 Å². The number of aromatic nitrogens is 1. The summed E-state index contributed by atoms with van der Waals surface area (Å²) in [6, 6.07) is 8.63. The van der Waals surface area contributed by atoms with Gasteiger partial charge in [0.2, 0.25) is 0 Å². The van der Waals surface area contributed by atoms with Crippen molar-refractivity contribution in [1.29, 1.82) is 0 Å². The molecule has 78 valence electrons. The van der Waals surface area contributed by atoms with Crippen LogP contribution in [0.25, 0.3) is 0 Å². The first kappa shape index (κ1) is 10.7. The zero-order chi connectivity index (χ0) is 10.7. The Morgan fingerprint density at radius 2 is 2.20 bits per heavy atom. The maximum absolute atomic E-state index is 4.43. The Morgan fingerprint density at radius 1 is 1.33 bits per heavy atom. The van der Waals surface area contributed by atoms with Gasteiger partial charge in [0.1, 0.15) is 4.34 Å². The number of nitrogens with zero attached hydrogens (tertiary/aromatic N) is 1. The molecule has 3 heteroatoms. The largest absolute Gasteiger partial charge is 0.235 e. The highest BCUT2D eigenvalue weighted by Gasteiger charge is 2.00. The number of hydrogen-bond acceptors (Lipinski definition) is 3. The lowest BCUT2D eigenvalue weighted by atomic mass is 10.2. The lowest BCUT2D eigenvalue weighted by molar-refractivity contribution is 1.16. The summed E-state index contributed by atoms with van der Waals surface area (Å²) in [6.45, 7) is 4.16. The standard InChI is InChI=1S/C12H13NS2/c1-9-4-3-5-11(6-9)8-15-12-13-10(2)7-14-12/h3-7H,8H2,1-2H3. The van der Waals surface area contributed by atoms with Crippen LogP contribution >= 0.6 is 23.1 Å². The van der Waals surface area contributed by atoms with Crippen LogP contribution in [0.1, 0.15) is 16.8 Å². The van der Waals surface area contributed by atoms with Crippen LogP contribution in [-0.4, -0.2) is 4.98 Å². The van der Waals surface area contributed by atoms with Gasteiger partial charge in [0, 0.05) is 16.8 Å². The molecule has 0 aliphatic heterocycles. The topological polar surface area (TPSA) is 12.9 Å². The minimum absolute atomic E-state index is 1.01. The molecule has 2 aromatic rings. The van der Waals surface area contributed by atoms with Gasteiger partial charge in [0.15, 0.2) is 0 Å². The van der Waals surface area contributed by atoms with E-state index in [-0.39, 0.29) is 0 Å². The smallest absolute Gasteiger partial charge is 0.150 e. The van der Waals surface area contributed by atoms with Crippen molar-refractivity contribution in [3.63, 3.8) is 0 Å². The van der Waals surface area contributed by atoms with E-state index in [2.05, 4.69) is 41.6 Å². The van der Waals surface area contributed by atoms with Crippen LogP contribution in [0.5, 0.6) is 0 Å². The molecule has 15 heavy (non-hydrogen) atoms. The monoisotopic (exact) mass is 235 g/mol. The summed E-state index contributed by atoms with van der Waals surface area (Å²) in [4.78, 5) is 4.43. The van der Waals surface area contributed by atoms with E-state index in [1.165, 1.54) is 11.1 Å². The van der Waals surface area contributed by atoms with Crippen molar-refractivity contribution in [2.24, 2.45) is 0 Å². The number of aryl methyl sites for hydroxylation is 2. The van der Waals surface area contributed by atoms with Crippen molar-refractivity contribution in [2.45, 2.75) is 23.9 Å². The van der Waals surface area contributed by atoms with E-state index < -0.39 is 0 Å². The number of thiazole rings is 1. The van der Waals surface area contributed by atoms with Crippen molar-refractivity contribution in [1.82, 2.24) is 4.98 Å². The molecule has 0 amide bonds. The summed E-state index contributed by atoms with van der Waals surface area (Å²) < 4.78 is 1.16. The number of hydrogen-bond donors (Lipinski definition) is 0. The van der Waals surface area contributed by atoms with Crippen LogP contribution in [0.15, 0.2) is 34.0 Å². The summed E-state index contributed by atoms with van der Waals surface area (Å²) in [5.74, 6) is 1.01. The first-order valence-electron chi connectivity index (χ1n) is 4.84. The molecule has 1 aromatic heterocycles. The lowest BCUT2D eigenvalue weighted by Gasteiger charge is -2.00. The fraction of sp³-hybridized carbons (Fsp3) is 0.250. The highest BCUT2D eigenvalue weighted by molar-refractivity contribution is 8.00. The zero-order valence-corrected chi connectivity index (χ0v) is 10.5. The summed E-state index contributed by atoms with van der Waals surface area (Å²) in [7, 11) is 0. The number of rotatable bonds is 3. The second kappa shape index (κ2) is 4.81. The van der Waals surface area contributed by atoms with Crippen molar-refractivity contribution in [2.75, 3.05) is 0 Å². The molecule has 0 saturated heterocycles. The first-order chi connectivity index (χ1) is 7.24. The Labute approximate surface area is 98.6 Å². The minimum Gasteiger partial charge on any atom is -0.235 e. The van der Waals surface area contributed by atoms with Crippen LogP contribution in [0.3, 0.4) is 0 Å². The molecule has 0 radical (unpaired) electrons. The molecule has 0 fully saturated rings. The van der Waals surface area contributed by atoms with Gasteiger partial charge in [-0.3, -0.25) is 0 Å². The van der Waals surface area contributed by atoms with Crippen LogP contribution in [0.2, 0.25) is 0 Å². The fourth-order valence-corrected chi connectivity index (χ4v) is 3.14. The molecule has 0 aliphatic carbocycles. The maximum atomic E-state index is 4.43. The summed E-state index contributed by atoms with van der Waals surface area (Å²) >= 11 is 3.54. The van der Waals surface area contributed by atoms with E-state index >= 15 is 0 Å². The van der Waals surface area contributed by atoms with Crippen LogP contribution in [0.4, 0.5) is 0 Å². The third-order valence-electron chi connectivity index (χ3n) is 2.04. The van der Waals surface area contributed by atoms with E-state index in [0.29, 0.717) is 0 Å². The van der Waals surface area contributed by atoms with Gasteiger partial charge >= 0.3 is 0 Å². The van der Waals surface area contributed by atoms with Gasteiger partial charge in [-0.2, -0.15) is 0 Å². The highest BCUT2D eigenvalue weighted by Crippen LogP contribution is 2.26. The molecule has 1 heterocycles. The summed E-state index contributed by atoms with van der Waals surface area (Å²) in [5, 5.41) is 2.10. The second-order valence-electron chi connectivity index (χ2n) is 3.53. The van der Waals surface area contributed by atoms with Gasteiger partial charge in [-0.15, -0.1) is 11.3 Å². The molecule has 0 spiro atoms. The quantitative estimate of drug-likeness (QED) is 0.744. The van der Waals surface area contributed by atoms with Crippen molar-refractivity contribution < 1.29 is 0 Å². The van der Waals surface area contributed by atoms with E-state index in [9.17, 15) is 0 Å². The molecule has 0 aliphatic rings. The van der Waals surface area contributed by atoms with Gasteiger partial charge in [-0.05, 0) is 19.4 Å². The molecular formula is C12H13NS2. The number of thioether (sulfide) groups is 1. The number of benzene rings is 1. The maximum Gasteiger partial charge on any atom is 0.150 e. The molecular weight excluding hydrogens is 222 g/mol. The fourth-order valence-electron chi connectivity index (χ4n) is 1.35. The van der Waals surface area contributed by atoms with E-state index in [4.69, 9.17) is 0 Å². The molecule has 0 saturated carbocycles. The lowest BCUT2D eigenvalue weighted by Crippen LogP contribution is -1.81. The molecule has 0 unspecified atom stereocenters. The molecule has 0 bridgehead atoms. The Balaban J connectivity index is 1.99. The highest BCUT2D eigenvalue weighted by atomic mass is 32.2. The Bertz CT molecular complexity index is 448. The average molecular weight is 235 g/mol. The Morgan fingerprint density at radius 3 is 2.87 bits per heavy atom. The second-order valence-corrected chi connectivity index (χ2v) is 5.61. The van der Waals surface area contributed by atoms with Crippen LogP contribution < -0.4 is 0 Å². The molecule has 0 atom stereocenters. The first-order valence-corrected chi connectivity index (χ1v) is 6.71. The van der Waals surface area contributed by atoms with Gasteiger partial charge in [0.25, 0.3) is 0 Å². The van der Waals surface area contributed by atoms with Gasteiger partial charge in [-0.25, -0.2) is 4.98 Å². The molecule has 1 nitrogen and oxygen atoms in total. The SMILES string of the molecule is Cc1cccc(CSc2nc(C)cs2)c1. The molecule has 0 N–H and O–H groups in total. The van der Waals surface area contributed by atoms with Gasteiger partial charge in [-0.1, -0.05) is 41.6 Å². The van der Waals surface area contributed by atoms with E-state index in [1.807, 2.05) is 18.7 Å². The van der Waals surface area contributed by atoms with Crippen molar-refractivity contribution in [3.8, 4) is 0 Å². The van der Waals surface area contributed by atoms with Crippen LogP contribution in [0, 0.1) is 13.8 Å². The van der Waals surface area contributed by atoms with Gasteiger partial charge in [0.05, 0.1) is 0 Å². The summed E-state index contributed by atoms with van der Waals surface area (Å²) in [5.41, 5.74) is 3.81. The summed E-state index contributed by atoms with van der Waals surface area (Å²) in [6.07, 6.45) is 0. The predicted molar refractivity (Wildman–Crippen MR) is 67.6 cm³/mol. The van der Waals surface area contributed by atoms with Crippen molar-refractivity contribution >= 4 is 23.1 Å². The third-order valence-corrected chi connectivity index (χ3v) is 4.25. The molecule has 1 aromatic carbocycles. The third kappa shape index (κ3) is 3.08.